The van der Waals surface area contributed by atoms with Crippen LogP contribution < -0.4 is 0 Å². The standard InChI is InChI=1S/C9H6F2O3/c10-8(11)7(12)5-2-1-3-6(4-5)9(13)14/h1-4,8H,(H,13,14). The van der Waals surface area contributed by atoms with Gasteiger partial charge < -0.3 is 5.11 Å². The first kappa shape index (κ1) is 10.3. The fourth-order valence-corrected chi connectivity index (χ4v) is 0.931. The summed E-state index contributed by atoms with van der Waals surface area (Å²) >= 11 is 0. The molecule has 1 aromatic rings. The van der Waals surface area contributed by atoms with Gasteiger partial charge in [0.15, 0.2) is 0 Å². The van der Waals surface area contributed by atoms with E-state index in [0.29, 0.717) is 0 Å². The molecule has 0 radical (unpaired) electrons. The molecule has 0 heterocycles. The monoisotopic (exact) mass is 200 g/mol. The van der Waals surface area contributed by atoms with Crippen LogP contribution in [0.25, 0.3) is 0 Å². The zero-order valence-corrected chi connectivity index (χ0v) is 6.91. The van der Waals surface area contributed by atoms with Crippen LogP contribution in [0.1, 0.15) is 20.7 Å². The van der Waals surface area contributed by atoms with Crippen LogP contribution in [0.5, 0.6) is 0 Å². The van der Waals surface area contributed by atoms with Gasteiger partial charge in [0.25, 0.3) is 0 Å². The number of halogens is 2. The summed E-state index contributed by atoms with van der Waals surface area (Å²) in [7, 11) is 0. The molecule has 0 spiro atoms. The predicted octanol–water partition coefficient (Wildman–Crippen LogP) is 1.83. The smallest absolute Gasteiger partial charge is 0.335 e. The topological polar surface area (TPSA) is 54.4 Å². The Morgan fingerprint density at radius 1 is 1.21 bits per heavy atom. The molecule has 74 valence electrons. The minimum atomic E-state index is -3.11. The van der Waals surface area contributed by atoms with Crippen LogP contribution in [0.3, 0.4) is 0 Å². The van der Waals surface area contributed by atoms with Gasteiger partial charge >= 0.3 is 12.4 Å². The van der Waals surface area contributed by atoms with Crippen LogP contribution in [-0.2, 0) is 0 Å². The molecule has 1 N–H and O–H groups in total. The first-order chi connectivity index (χ1) is 6.52. The van der Waals surface area contributed by atoms with Crippen molar-refractivity contribution < 1.29 is 23.5 Å². The van der Waals surface area contributed by atoms with Gasteiger partial charge in [0.1, 0.15) is 0 Å². The largest absolute Gasteiger partial charge is 0.478 e. The molecular formula is C9H6F2O3. The number of hydrogen-bond donors (Lipinski definition) is 1. The normalized spacial score (nSPS) is 10.2. The number of rotatable bonds is 3. The number of ketones is 1. The zero-order chi connectivity index (χ0) is 10.7. The summed E-state index contributed by atoms with van der Waals surface area (Å²) in [5.74, 6) is -2.62. The van der Waals surface area contributed by atoms with Gasteiger partial charge in [-0.1, -0.05) is 12.1 Å². The van der Waals surface area contributed by atoms with Crippen LogP contribution in [-0.4, -0.2) is 23.3 Å². The van der Waals surface area contributed by atoms with Crippen LogP contribution in [0.2, 0.25) is 0 Å². The molecule has 0 saturated heterocycles. The summed E-state index contributed by atoms with van der Waals surface area (Å²) in [5, 5.41) is 8.53. The molecule has 0 aliphatic heterocycles. The summed E-state index contributed by atoms with van der Waals surface area (Å²) in [6.07, 6.45) is -3.11. The second kappa shape index (κ2) is 3.95. The number of carbonyl (C=O) groups is 2. The Kier molecular flexibility index (Phi) is 2.91. The Bertz CT molecular complexity index is 374. The van der Waals surface area contributed by atoms with Crippen molar-refractivity contribution in [3.8, 4) is 0 Å². The Hall–Kier alpha value is -1.78. The summed E-state index contributed by atoms with van der Waals surface area (Å²) in [6, 6.07) is 4.56. The lowest BCUT2D eigenvalue weighted by atomic mass is 10.1. The Balaban J connectivity index is 3.06. The van der Waals surface area contributed by atoms with Gasteiger partial charge in [-0.05, 0) is 12.1 Å². The number of carboxylic acid groups (broad SMARTS) is 1. The second-order valence-electron chi connectivity index (χ2n) is 2.55. The van der Waals surface area contributed by atoms with Crippen molar-refractivity contribution in [3.05, 3.63) is 35.4 Å². The van der Waals surface area contributed by atoms with Crippen molar-refractivity contribution in [2.24, 2.45) is 0 Å². The van der Waals surface area contributed by atoms with Crippen molar-refractivity contribution in [3.63, 3.8) is 0 Å². The third-order valence-electron chi connectivity index (χ3n) is 1.59. The van der Waals surface area contributed by atoms with Crippen LogP contribution in [0.15, 0.2) is 24.3 Å². The number of alkyl halides is 2. The van der Waals surface area contributed by atoms with Crippen LogP contribution >= 0.6 is 0 Å². The van der Waals surface area contributed by atoms with E-state index in [9.17, 15) is 18.4 Å². The van der Waals surface area contributed by atoms with E-state index in [4.69, 9.17) is 5.11 Å². The first-order valence-electron chi connectivity index (χ1n) is 3.68. The van der Waals surface area contributed by atoms with Crippen LogP contribution in [0.4, 0.5) is 8.78 Å². The van der Waals surface area contributed by atoms with Crippen LogP contribution in [0, 0.1) is 0 Å². The second-order valence-corrected chi connectivity index (χ2v) is 2.55. The van der Waals surface area contributed by atoms with Gasteiger partial charge in [0, 0.05) is 5.56 Å². The molecule has 0 atom stereocenters. The van der Waals surface area contributed by atoms with E-state index in [2.05, 4.69) is 0 Å². The molecule has 0 aliphatic carbocycles. The molecule has 14 heavy (non-hydrogen) atoms. The highest BCUT2D eigenvalue weighted by Gasteiger charge is 2.18. The third kappa shape index (κ3) is 2.12. The number of Topliss-reactive ketones (excluding diaryl/α,β-unsaturated/α-hetero) is 1. The van der Waals surface area contributed by atoms with Gasteiger partial charge in [-0.3, -0.25) is 4.79 Å². The predicted molar refractivity (Wildman–Crippen MR) is 43.7 cm³/mol. The van der Waals surface area contributed by atoms with E-state index in [1.54, 1.807) is 0 Å². The summed E-state index contributed by atoms with van der Waals surface area (Å²) in [6.45, 7) is 0. The molecule has 0 amide bonds. The molecule has 3 nitrogen and oxygen atoms in total. The molecule has 5 heteroatoms. The molecule has 0 bridgehead atoms. The maximum Gasteiger partial charge on any atom is 0.335 e. The molecule has 0 aliphatic rings. The maximum atomic E-state index is 11.9. The molecule has 0 saturated carbocycles. The fraction of sp³-hybridized carbons (Fsp3) is 0.111. The first-order valence-corrected chi connectivity index (χ1v) is 3.68. The van der Waals surface area contributed by atoms with E-state index in [1.165, 1.54) is 12.1 Å². The number of aromatic carboxylic acids is 1. The highest BCUT2D eigenvalue weighted by Crippen LogP contribution is 2.10. The van der Waals surface area contributed by atoms with Crippen molar-refractivity contribution in [2.75, 3.05) is 0 Å². The van der Waals surface area contributed by atoms with Crippen molar-refractivity contribution in [1.29, 1.82) is 0 Å². The summed E-state index contributed by atoms with van der Waals surface area (Å²) < 4.78 is 23.9. The highest BCUT2D eigenvalue weighted by atomic mass is 19.3. The quantitative estimate of drug-likeness (QED) is 0.757. The lowest BCUT2D eigenvalue weighted by molar-refractivity contribution is 0.0678. The van der Waals surface area contributed by atoms with Gasteiger partial charge in [0.2, 0.25) is 5.78 Å². The number of benzene rings is 1. The van der Waals surface area contributed by atoms with Crippen molar-refractivity contribution in [1.82, 2.24) is 0 Å². The molecular weight excluding hydrogens is 194 g/mol. The van der Waals surface area contributed by atoms with Gasteiger partial charge in [-0.15, -0.1) is 0 Å². The lowest BCUT2D eigenvalue weighted by Gasteiger charge is -2.00. The maximum absolute atomic E-state index is 11.9. The van der Waals surface area contributed by atoms with E-state index >= 15 is 0 Å². The molecule has 1 rings (SSSR count). The van der Waals surface area contributed by atoms with E-state index in [0.717, 1.165) is 12.1 Å². The average molecular weight is 200 g/mol. The number of carboxylic acids is 1. The Labute approximate surface area is 78.0 Å². The van der Waals surface area contributed by atoms with E-state index < -0.39 is 18.2 Å². The fourth-order valence-electron chi connectivity index (χ4n) is 0.931. The SMILES string of the molecule is O=C(O)c1cccc(C(=O)C(F)F)c1. The number of hydrogen-bond acceptors (Lipinski definition) is 2. The van der Waals surface area contributed by atoms with Gasteiger partial charge in [-0.25, -0.2) is 13.6 Å². The number of carbonyl (C=O) groups excluding carboxylic acids is 1. The highest BCUT2D eigenvalue weighted by molar-refractivity contribution is 6.00. The van der Waals surface area contributed by atoms with Crippen molar-refractivity contribution >= 4 is 11.8 Å². The Morgan fingerprint density at radius 2 is 1.79 bits per heavy atom. The average Bonchev–Trinajstić information content (AvgIpc) is 2.16. The van der Waals surface area contributed by atoms with Gasteiger partial charge in [0.05, 0.1) is 5.56 Å². The molecule has 0 unspecified atom stereocenters. The summed E-state index contributed by atoms with van der Waals surface area (Å²) in [5.41, 5.74) is -0.476. The summed E-state index contributed by atoms with van der Waals surface area (Å²) in [4.78, 5) is 21.2. The minimum Gasteiger partial charge on any atom is -0.478 e. The van der Waals surface area contributed by atoms with E-state index in [-0.39, 0.29) is 11.1 Å². The van der Waals surface area contributed by atoms with Crippen molar-refractivity contribution in [2.45, 2.75) is 6.43 Å². The Morgan fingerprint density at radius 3 is 2.29 bits per heavy atom. The van der Waals surface area contributed by atoms with E-state index in [1.807, 2.05) is 0 Å². The lowest BCUT2D eigenvalue weighted by Crippen LogP contribution is -2.11. The minimum absolute atomic E-state index is 0.184. The zero-order valence-electron chi connectivity index (χ0n) is 6.91. The van der Waals surface area contributed by atoms with Gasteiger partial charge in [-0.2, -0.15) is 0 Å². The molecule has 0 aromatic heterocycles. The third-order valence-corrected chi connectivity index (χ3v) is 1.59. The molecule has 0 fully saturated rings. The molecule has 1 aromatic carbocycles.